The van der Waals surface area contributed by atoms with Gasteiger partial charge in [0.1, 0.15) is 0 Å². The van der Waals surface area contributed by atoms with Crippen LogP contribution in [0.3, 0.4) is 0 Å². The highest BCUT2D eigenvalue weighted by Crippen LogP contribution is 2.20. The van der Waals surface area contributed by atoms with Crippen LogP contribution >= 0.6 is 23.2 Å². The van der Waals surface area contributed by atoms with E-state index in [1.807, 2.05) is 18.2 Å². The Labute approximate surface area is 121 Å². The van der Waals surface area contributed by atoms with Gasteiger partial charge in [-0.3, -0.25) is 4.79 Å². The summed E-state index contributed by atoms with van der Waals surface area (Å²) < 4.78 is 0. The number of hydrogen-bond donors (Lipinski definition) is 2. The average Bonchev–Trinajstić information content (AvgIpc) is 2.40. The van der Waals surface area contributed by atoms with E-state index in [0.29, 0.717) is 15.7 Å². The zero-order valence-corrected chi connectivity index (χ0v) is 11.5. The summed E-state index contributed by atoms with van der Waals surface area (Å²) >= 11 is 11.7. The van der Waals surface area contributed by atoms with Gasteiger partial charge in [-0.05, 0) is 36.4 Å². The summed E-state index contributed by atoms with van der Waals surface area (Å²) in [6.07, 6.45) is 0. The highest BCUT2D eigenvalue weighted by Gasteiger charge is 2.04. The van der Waals surface area contributed by atoms with Gasteiger partial charge in [0.05, 0.1) is 17.3 Å². The summed E-state index contributed by atoms with van der Waals surface area (Å²) in [4.78, 5) is 11.7. The first kappa shape index (κ1) is 13.7. The third-order valence-corrected chi connectivity index (χ3v) is 3.02. The quantitative estimate of drug-likeness (QED) is 0.893. The molecule has 0 heterocycles. The van der Waals surface area contributed by atoms with Crippen molar-refractivity contribution in [3.8, 4) is 0 Å². The molecule has 0 aliphatic carbocycles. The van der Waals surface area contributed by atoms with Gasteiger partial charge in [0.2, 0.25) is 5.91 Å². The van der Waals surface area contributed by atoms with Crippen LogP contribution < -0.4 is 10.6 Å². The van der Waals surface area contributed by atoms with Crippen LogP contribution in [0, 0.1) is 0 Å². The number of carbonyl (C=O) groups is 1. The van der Waals surface area contributed by atoms with Crippen molar-refractivity contribution in [3.63, 3.8) is 0 Å². The molecule has 0 spiro atoms. The van der Waals surface area contributed by atoms with Crippen LogP contribution in [0.5, 0.6) is 0 Å². The van der Waals surface area contributed by atoms with Crippen LogP contribution in [0.25, 0.3) is 0 Å². The second-order valence-corrected chi connectivity index (χ2v) is 4.73. The van der Waals surface area contributed by atoms with Crippen molar-refractivity contribution in [2.45, 2.75) is 0 Å². The van der Waals surface area contributed by atoms with E-state index in [0.717, 1.165) is 5.69 Å². The summed E-state index contributed by atoms with van der Waals surface area (Å²) in [5.74, 6) is -0.151. The largest absolute Gasteiger partial charge is 0.375 e. The molecule has 2 aromatic carbocycles. The maximum absolute atomic E-state index is 11.7. The lowest BCUT2D eigenvalue weighted by molar-refractivity contribution is -0.114. The third-order valence-electron chi connectivity index (χ3n) is 2.44. The van der Waals surface area contributed by atoms with Crippen LogP contribution in [0.4, 0.5) is 11.4 Å². The zero-order valence-electron chi connectivity index (χ0n) is 9.99. The van der Waals surface area contributed by atoms with Gasteiger partial charge in [-0.2, -0.15) is 0 Å². The first-order chi connectivity index (χ1) is 9.15. The standard InChI is InChI=1S/C14H12Cl2N2O/c15-10-5-7-11(8-6-10)18-14(19)9-17-13-4-2-1-3-12(13)16/h1-8,17H,9H2,(H,18,19). The van der Waals surface area contributed by atoms with Gasteiger partial charge in [0.25, 0.3) is 0 Å². The number of benzene rings is 2. The number of para-hydroxylation sites is 1. The molecular formula is C14H12Cl2N2O. The van der Waals surface area contributed by atoms with Gasteiger partial charge in [0.15, 0.2) is 0 Å². The Hall–Kier alpha value is -1.71. The van der Waals surface area contributed by atoms with Crippen LogP contribution in [0.1, 0.15) is 0 Å². The monoisotopic (exact) mass is 294 g/mol. The molecule has 19 heavy (non-hydrogen) atoms. The van der Waals surface area contributed by atoms with Gasteiger partial charge < -0.3 is 10.6 Å². The number of amides is 1. The van der Waals surface area contributed by atoms with Crippen molar-refractivity contribution in [3.05, 3.63) is 58.6 Å². The van der Waals surface area contributed by atoms with Crippen LogP contribution in [-0.2, 0) is 4.79 Å². The maximum Gasteiger partial charge on any atom is 0.243 e. The SMILES string of the molecule is O=C(CNc1ccccc1Cl)Nc1ccc(Cl)cc1. The molecule has 0 saturated heterocycles. The average molecular weight is 295 g/mol. The lowest BCUT2D eigenvalue weighted by atomic mass is 10.3. The molecule has 0 aliphatic heterocycles. The fraction of sp³-hybridized carbons (Fsp3) is 0.0714. The lowest BCUT2D eigenvalue weighted by Crippen LogP contribution is -2.21. The predicted octanol–water partition coefficient (Wildman–Crippen LogP) is 4.04. The summed E-state index contributed by atoms with van der Waals surface area (Å²) in [7, 11) is 0. The van der Waals surface area contributed by atoms with Crippen molar-refractivity contribution in [2.24, 2.45) is 0 Å². The number of anilines is 2. The van der Waals surface area contributed by atoms with Gasteiger partial charge >= 0.3 is 0 Å². The topological polar surface area (TPSA) is 41.1 Å². The first-order valence-electron chi connectivity index (χ1n) is 5.69. The molecule has 0 bridgehead atoms. The van der Waals surface area contributed by atoms with E-state index in [4.69, 9.17) is 23.2 Å². The van der Waals surface area contributed by atoms with E-state index in [-0.39, 0.29) is 12.5 Å². The van der Waals surface area contributed by atoms with E-state index in [1.165, 1.54) is 0 Å². The minimum atomic E-state index is -0.151. The molecule has 2 N–H and O–H groups in total. The van der Waals surface area contributed by atoms with Crippen LogP contribution in [-0.4, -0.2) is 12.5 Å². The maximum atomic E-state index is 11.7. The number of nitrogens with one attached hydrogen (secondary N) is 2. The van der Waals surface area contributed by atoms with Crippen molar-refractivity contribution < 1.29 is 4.79 Å². The van der Waals surface area contributed by atoms with E-state index in [2.05, 4.69) is 10.6 Å². The van der Waals surface area contributed by atoms with Crippen molar-refractivity contribution >= 4 is 40.5 Å². The first-order valence-corrected chi connectivity index (χ1v) is 6.44. The third kappa shape index (κ3) is 4.16. The van der Waals surface area contributed by atoms with Gasteiger partial charge in [-0.1, -0.05) is 35.3 Å². The summed E-state index contributed by atoms with van der Waals surface area (Å²) in [5.41, 5.74) is 1.44. The number of hydrogen-bond acceptors (Lipinski definition) is 2. The Morgan fingerprint density at radius 1 is 1.00 bits per heavy atom. The fourth-order valence-corrected chi connectivity index (χ4v) is 1.85. The highest BCUT2D eigenvalue weighted by molar-refractivity contribution is 6.33. The van der Waals surface area contributed by atoms with Gasteiger partial charge in [-0.15, -0.1) is 0 Å². The minimum Gasteiger partial charge on any atom is -0.375 e. The molecule has 5 heteroatoms. The van der Waals surface area contributed by atoms with Crippen LogP contribution in [0.2, 0.25) is 10.0 Å². The second kappa shape index (κ2) is 6.45. The fourth-order valence-electron chi connectivity index (χ4n) is 1.52. The molecule has 2 rings (SSSR count). The van der Waals surface area contributed by atoms with Gasteiger partial charge in [0, 0.05) is 10.7 Å². The molecule has 1 amide bonds. The number of rotatable bonds is 4. The minimum absolute atomic E-state index is 0.145. The molecule has 0 saturated carbocycles. The molecule has 0 radical (unpaired) electrons. The molecule has 0 aliphatic rings. The normalized spacial score (nSPS) is 10.0. The molecule has 0 fully saturated rings. The lowest BCUT2D eigenvalue weighted by Gasteiger charge is -2.09. The molecule has 0 atom stereocenters. The van der Waals surface area contributed by atoms with E-state index >= 15 is 0 Å². The van der Waals surface area contributed by atoms with Crippen molar-refractivity contribution in [2.75, 3.05) is 17.2 Å². The smallest absolute Gasteiger partial charge is 0.243 e. The van der Waals surface area contributed by atoms with E-state index in [1.54, 1.807) is 30.3 Å². The molecule has 0 aromatic heterocycles. The van der Waals surface area contributed by atoms with E-state index in [9.17, 15) is 4.79 Å². The zero-order chi connectivity index (χ0) is 13.7. The Morgan fingerprint density at radius 3 is 2.37 bits per heavy atom. The molecule has 0 unspecified atom stereocenters. The van der Waals surface area contributed by atoms with E-state index < -0.39 is 0 Å². The second-order valence-electron chi connectivity index (χ2n) is 3.89. The summed E-state index contributed by atoms with van der Waals surface area (Å²) in [5, 5.41) is 6.95. The van der Waals surface area contributed by atoms with Gasteiger partial charge in [-0.25, -0.2) is 0 Å². The Balaban J connectivity index is 1.88. The number of halogens is 2. The van der Waals surface area contributed by atoms with Crippen molar-refractivity contribution in [1.82, 2.24) is 0 Å². The highest BCUT2D eigenvalue weighted by atomic mass is 35.5. The molecule has 98 valence electrons. The molecule has 2 aromatic rings. The number of carbonyl (C=O) groups excluding carboxylic acids is 1. The summed E-state index contributed by atoms with van der Waals surface area (Å²) in [6, 6.07) is 14.2. The Kier molecular flexibility index (Phi) is 4.66. The predicted molar refractivity (Wildman–Crippen MR) is 80.0 cm³/mol. The summed E-state index contributed by atoms with van der Waals surface area (Å²) in [6.45, 7) is 0.145. The van der Waals surface area contributed by atoms with Crippen molar-refractivity contribution in [1.29, 1.82) is 0 Å². The molecular weight excluding hydrogens is 283 g/mol. The Bertz CT molecular complexity index is 570. The molecule has 3 nitrogen and oxygen atoms in total. The Morgan fingerprint density at radius 2 is 1.68 bits per heavy atom. The van der Waals surface area contributed by atoms with Crippen LogP contribution in [0.15, 0.2) is 48.5 Å².